The summed E-state index contributed by atoms with van der Waals surface area (Å²) in [6.07, 6.45) is 3.80. The molecule has 0 radical (unpaired) electrons. The first-order chi connectivity index (χ1) is 7.34. The molecule has 0 spiro atoms. The molecule has 0 atom stereocenters. The molecule has 5 nitrogen and oxygen atoms in total. The second-order valence-electron chi connectivity index (χ2n) is 2.95. The van der Waals surface area contributed by atoms with Crippen molar-refractivity contribution in [3.05, 3.63) is 24.0 Å². The van der Waals surface area contributed by atoms with Crippen LogP contribution in [-0.2, 0) is 14.5 Å². The standard InChI is InChI=1S/C10H16N2O3/c1-9(11-2)10-5-3-4-6-13-8-15-14-7-12-10/h5,12H,1-4,6-8H2/b10-5-. The smallest absolute Gasteiger partial charge is 0.180 e. The molecule has 0 bridgehead atoms. The molecular weight excluding hydrogens is 196 g/mol. The van der Waals surface area contributed by atoms with E-state index < -0.39 is 0 Å². The van der Waals surface area contributed by atoms with Gasteiger partial charge in [-0.05, 0) is 19.6 Å². The molecule has 1 N–H and O–H groups in total. The Morgan fingerprint density at radius 2 is 2.33 bits per heavy atom. The van der Waals surface area contributed by atoms with Crippen molar-refractivity contribution in [1.82, 2.24) is 5.32 Å². The Balaban J connectivity index is 2.51. The van der Waals surface area contributed by atoms with Gasteiger partial charge < -0.3 is 10.1 Å². The van der Waals surface area contributed by atoms with Gasteiger partial charge in [-0.15, -0.1) is 0 Å². The van der Waals surface area contributed by atoms with Crippen molar-refractivity contribution in [2.75, 3.05) is 20.1 Å². The van der Waals surface area contributed by atoms with Crippen molar-refractivity contribution in [3.63, 3.8) is 0 Å². The monoisotopic (exact) mass is 212 g/mol. The molecule has 0 aromatic heterocycles. The minimum atomic E-state index is 0.150. The zero-order chi connectivity index (χ0) is 10.9. The Morgan fingerprint density at radius 3 is 3.13 bits per heavy atom. The van der Waals surface area contributed by atoms with E-state index in [-0.39, 0.29) is 13.5 Å². The lowest BCUT2D eigenvalue weighted by molar-refractivity contribution is -0.338. The Hall–Kier alpha value is -1.17. The number of ether oxygens (including phenoxy) is 1. The lowest BCUT2D eigenvalue weighted by Gasteiger charge is -2.09. The van der Waals surface area contributed by atoms with Gasteiger partial charge in [0.15, 0.2) is 13.5 Å². The maximum Gasteiger partial charge on any atom is 0.180 e. The predicted octanol–water partition coefficient (Wildman–Crippen LogP) is 1.35. The molecule has 0 aromatic carbocycles. The summed E-state index contributed by atoms with van der Waals surface area (Å²) in [4.78, 5) is 13.3. The van der Waals surface area contributed by atoms with Gasteiger partial charge in [0.2, 0.25) is 0 Å². The average Bonchev–Trinajstić information content (AvgIpc) is 2.32. The SMILES string of the molecule is C=NC(=C)/C1=C/CCCOCOOCN1. The Morgan fingerprint density at radius 1 is 1.47 bits per heavy atom. The summed E-state index contributed by atoms with van der Waals surface area (Å²) in [5, 5.41) is 2.99. The molecule has 1 rings (SSSR count). The molecule has 1 aliphatic heterocycles. The van der Waals surface area contributed by atoms with Crippen LogP contribution in [0.2, 0.25) is 0 Å². The lowest BCUT2D eigenvalue weighted by Crippen LogP contribution is -2.18. The van der Waals surface area contributed by atoms with Gasteiger partial charge >= 0.3 is 0 Å². The molecule has 1 aliphatic rings. The molecule has 1 heterocycles. The molecule has 84 valence electrons. The number of nitrogens with zero attached hydrogens (tertiary/aromatic N) is 1. The maximum absolute atomic E-state index is 5.13. The van der Waals surface area contributed by atoms with Crippen molar-refractivity contribution in [2.45, 2.75) is 12.8 Å². The van der Waals surface area contributed by atoms with Crippen LogP contribution in [0.4, 0.5) is 0 Å². The summed E-state index contributed by atoms with van der Waals surface area (Å²) in [6, 6.07) is 0. The fraction of sp³-hybridized carbons (Fsp3) is 0.500. The molecule has 0 unspecified atom stereocenters. The highest BCUT2D eigenvalue weighted by atomic mass is 17.2. The number of allylic oxidation sites excluding steroid dienone is 1. The fourth-order valence-electron chi connectivity index (χ4n) is 1.08. The first-order valence-corrected chi connectivity index (χ1v) is 4.77. The highest BCUT2D eigenvalue weighted by Gasteiger charge is 2.01. The van der Waals surface area contributed by atoms with Gasteiger partial charge in [0.25, 0.3) is 0 Å². The molecule has 15 heavy (non-hydrogen) atoms. The van der Waals surface area contributed by atoms with E-state index in [2.05, 4.69) is 23.6 Å². The van der Waals surface area contributed by atoms with Gasteiger partial charge in [0.05, 0.1) is 11.4 Å². The van der Waals surface area contributed by atoms with E-state index in [1.54, 1.807) is 0 Å². The van der Waals surface area contributed by atoms with E-state index in [4.69, 9.17) is 14.5 Å². The van der Waals surface area contributed by atoms with E-state index in [9.17, 15) is 0 Å². The van der Waals surface area contributed by atoms with Crippen LogP contribution in [0, 0.1) is 0 Å². The average molecular weight is 212 g/mol. The van der Waals surface area contributed by atoms with Gasteiger partial charge in [-0.1, -0.05) is 12.7 Å². The zero-order valence-corrected chi connectivity index (χ0v) is 8.70. The van der Waals surface area contributed by atoms with Crippen LogP contribution in [0.15, 0.2) is 29.0 Å². The van der Waals surface area contributed by atoms with Crippen molar-refractivity contribution < 1.29 is 14.5 Å². The molecule has 5 heteroatoms. The Kier molecular flexibility index (Phi) is 5.69. The molecule has 0 saturated carbocycles. The summed E-state index contributed by atoms with van der Waals surface area (Å²) in [7, 11) is 0. The van der Waals surface area contributed by atoms with Gasteiger partial charge in [-0.25, -0.2) is 9.78 Å². The summed E-state index contributed by atoms with van der Waals surface area (Å²) < 4.78 is 5.13. The number of hydrogen-bond acceptors (Lipinski definition) is 5. The summed E-state index contributed by atoms with van der Waals surface area (Å²) in [5.74, 6) is 0. The Labute approximate surface area is 89.4 Å². The van der Waals surface area contributed by atoms with Crippen LogP contribution in [0.5, 0.6) is 0 Å². The van der Waals surface area contributed by atoms with Crippen molar-refractivity contribution in [3.8, 4) is 0 Å². The molecular formula is C10H16N2O3. The maximum atomic E-state index is 5.13. The van der Waals surface area contributed by atoms with Crippen molar-refractivity contribution in [1.29, 1.82) is 0 Å². The van der Waals surface area contributed by atoms with Crippen LogP contribution in [-0.4, -0.2) is 26.8 Å². The molecule has 0 fully saturated rings. The van der Waals surface area contributed by atoms with Gasteiger partial charge in [-0.2, -0.15) is 0 Å². The van der Waals surface area contributed by atoms with Crippen LogP contribution >= 0.6 is 0 Å². The summed E-state index contributed by atoms with van der Waals surface area (Å²) in [5.41, 5.74) is 1.41. The van der Waals surface area contributed by atoms with E-state index in [1.165, 1.54) is 0 Å². The fourth-order valence-corrected chi connectivity index (χ4v) is 1.08. The van der Waals surface area contributed by atoms with Gasteiger partial charge in [0.1, 0.15) is 0 Å². The number of nitrogens with one attached hydrogen (secondary N) is 1. The normalized spacial score (nSPS) is 22.8. The van der Waals surface area contributed by atoms with Crippen LogP contribution in [0.3, 0.4) is 0 Å². The van der Waals surface area contributed by atoms with Crippen LogP contribution in [0.25, 0.3) is 0 Å². The van der Waals surface area contributed by atoms with E-state index in [1.807, 2.05) is 6.08 Å². The summed E-state index contributed by atoms with van der Waals surface area (Å²) >= 11 is 0. The number of aliphatic imine (C=N–C) groups is 1. The second kappa shape index (κ2) is 7.17. The summed E-state index contributed by atoms with van der Waals surface area (Å²) in [6.45, 7) is 8.20. The first-order valence-electron chi connectivity index (χ1n) is 4.77. The van der Waals surface area contributed by atoms with E-state index in [0.717, 1.165) is 18.5 Å². The van der Waals surface area contributed by atoms with Gasteiger partial charge in [-0.3, -0.25) is 4.99 Å². The minimum absolute atomic E-state index is 0.150. The third kappa shape index (κ3) is 4.73. The minimum Gasteiger partial charge on any atom is -0.359 e. The Bertz CT molecular complexity index is 251. The van der Waals surface area contributed by atoms with E-state index in [0.29, 0.717) is 12.3 Å². The lowest BCUT2D eigenvalue weighted by atomic mass is 10.2. The highest BCUT2D eigenvalue weighted by molar-refractivity contribution is 5.36. The number of rotatable bonds is 2. The quantitative estimate of drug-likeness (QED) is 0.554. The van der Waals surface area contributed by atoms with E-state index >= 15 is 0 Å². The topological polar surface area (TPSA) is 52.1 Å². The first kappa shape index (κ1) is 11.9. The van der Waals surface area contributed by atoms with Gasteiger partial charge in [0, 0.05) is 6.61 Å². The highest BCUT2D eigenvalue weighted by Crippen LogP contribution is 2.08. The third-order valence-electron chi connectivity index (χ3n) is 1.88. The molecule has 0 saturated heterocycles. The largest absolute Gasteiger partial charge is 0.359 e. The zero-order valence-electron chi connectivity index (χ0n) is 8.70. The molecule has 0 aromatic rings. The van der Waals surface area contributed by atoms with Crippen LogP contribution < -0.4 is 5.32 Å². The molecule has 0 amide bonds. The van der Waals surface area contributed by atoms with Crippen molar-refractivity contribution >= 4 is 6.72 Å². The predicted molar refractivity (Wildman–Crippen MR) is 57.0 cm³/mol. The number of hydrogen-bond donors (Lipinski definition) is 1. The molecule has 0 aliphatic carbocycles. The third-order valence-corrected chi connectivity index (χ3v) is 1.88. The van der Waals surface area contributed by atoms with Crippen molar-refractivity contribution in [2.24, 2.45) is 4.99 Å². The second-order valence-corrected chi connectivity index (χ2v) is 2.95. The van der Waals surface area contributed by atoms with Crippen LogP contribution in [0.1, 0.15) is 12.8 Å².